The molecule has 0 fully saturated rings. The highest BCUT2D eigenvalue weighted by atomic mass is 15.0. The van der Waals surface area contributed by atoms with Crippen molar-refractivity contribution in [3.63, 3.8) is 0 Å². The van der Waals surface area contributed by atoms with Gasteiger partial charge < -0.3 is 10.6 Å². The number of hydrogen-bond acceptors (Lipinski definition) is 2. The second-order valence-electron chi connectivity index (χ2n) is 8.96. The molecule has 3 rings (SSSR count). The van der Waals surface area contributed by atoms with Crippen LogP contribution in [0.15, 0.2) is 59.0 Å². The van der Waals surface area contributed by atoms with Crippen LogP contribution in [0.3, 0.4) is 0 Å². The van der Waals surface area contributed by atoms with Crippen LogP contribution in [0.5, 0.6) is 0 Å². The third-order valence-electron chi connectivity index (χ3n) is 6.45. The molecule has 3 unspecified atom stereocenters. The van der Waals surface area contributed by atoms with Crippen molar-refractivity contribution >= 4 is 0 Å². The Morgan fingerprint density at radius 2 is 1.78 bits per heavy atom. The van der Waals surface area contributed by atoms with Gasteiger partial charge in [0.05, 0.1) is 11.7 Å². The number of likely N-dealkylation sites (N-methyl/N-ethyl adjacent to an activating group) is 1. The van der Waals surface area contributed by atoms with Crippen molar-refractivity contribution < 1.29 is 0 Å². The maximum Gasteiger partial charge on any atom is 0.0527 e. The average molecular weight is 367 g/mol. The average Bonchev–Trinajstić information content (AvgIpc) is 2.68. The van der Waals surface area contributed by atoms with E-state index in [9.17, 15) is 0 Å². The molecular formula is C25H38N2. The van der Waals surface area contributed by atoms with Crippen molar-refractivity contribution in [2.75, 3.05) is 7.05 Å². The van der Waals surface area contributed by atoms with E-state index in [2.05, 4.69) is 74.8 Å². The Labute approximate surface area is 166 Å². The van der Waals surface area contributed by atoms with Crippen molar-refractivity contribution in [2.45, 2.75) is 65.8 Å². The van der Waals surface area contributed by atoms with E-state index >= 15 is 0 Å². The van der Waals surface area contributed by atoms with E-state index in [-0.39, 0.29) is 0 Å². The lowest BCUT2D eigenvalue weighted by Gasteiger charge is -2.42. The zero-order chi connectivity index (χ0) is 19.4. The van der Waals surface area contributed by atoms with Crippen LogP contribution in [0, 0.1) is 23.7 Å². The summed E-state index contributed by atoms with van der Waals surface area (Å²) in [5, 5.41) is 7.39. The Morgan fingerprint density at radius 3 is 2.41 bits per heavy atom. The van der Waals surface area contributed by atoms with Crippen LogP contribution in [0.25, 0.3) is 0 Å². The van der Waals surface area contributed by atoms with E-state index in [1.54, 1.807) is 11.1 Å². The monoisotopic (exact) mass is 366 g/mol. The van der Waals surface area contributed by atoms with Crippen molar-refractivity contribution in [3.05, 3.63) is 59.0 Å². The summed E-state index contributed by atoms with van der Waals surface area (Å²) in [4.78, 5) is 0. The molecular weight excluding hydrogens is 328 g/mol. The lowest BCUT2D eigenvalue weighted by atomic mass is 9.68. The van der Waals surface area contributed by atoms with Crippen molar-refractivity contribution in [2.24, 2.45) is 23.7 Å². The molecule has 0 amide bonds. The molecule has 0 saturated carbocycles. The van der Waals surface area contributed by atoms with Crippen LogP contribution in [0.4, 0.5) is 0 Å². The molecule has 27 heavy (non-hydrogen) atoms. The van der Waals surface area contributed by atoms with Gasteiger partial charge in [0.25, 0.3) is 0 Å². The molecule has 2 heteroatoms. The third-order valence-corrected chi connectivity index (χ3v) is 6.45. The number of nitrogens with one attached hydrogen (secondary N) is 2. The highest BCUT2D eigenvalue weighted by Gasteiger charge is 2.36. The molecule has 0 aromatic rings. The Kier molecular flexibility index (Phi) is 6.68. The number of allylic oxidation sites excluding steroid dienone is 8. The van der Waals surface area contributed by atoms with Crippen molar-refractivity contribution in [1.29, 1.82) is 0 Å². The molecule has 3 atom stereocenters. The van der Waals surface area contributed by atoms with Gasteiger partial charge in [0.2, 0.25) is 0 Å². The molecule has 2 N–H and O–H groups in total. The summed E-state index contributed by atoms with van der Waals surface area (Å²) in [5.41, 5.74) is 5.78. The first kappa shape index (κ1) is 20.0. The van der Waals surface area contributed by atoms with Gasteiger partial charge in [0.15, 0.2) is 0 Å². The smallest absolute Gasteiger partial charge is 0.0527 e. The van der Waals surface area contributed by atoms with Gasteiger partial charge in [-0.3, -0.25) is 0 Å². The summed E-state index contributed by atoms with van der Waals surface area (Å²) in [5.74, 6) is 2.47. The standard InChI is InChI=1S/C25H38N2/c1-17(2)21-15-20(19-11-7-6-8-12-19)16-22(18(3)4)25(21)27-24-14-10-9-13-23(24)26-5/h7,9,11-13,15,17-18,20,22,25-27H,6,8,10,14,16H2,1-5H3. The van der Waals surface area contributed by atoms with Gasteiger partial charge in [-0.15, -0.1) is 0 Å². The van der Waals surface area contributed by atoms with Gasteiger partial charge >= 0.3 is 0 Å². The largest absolute Gasteiger partial charge is 0.387 e. The van der Waals surface area contributed by atoms with Crippen LogP contribution >= 0.6 is 0 Å². The molecule has 0 aromatic heterocycles. The summed E-state index contributed by atoms with van der Waals surface area (Å²) < 4.78 is 0. The van der Waals surface area contributed by atoms with Gasteiger partial charge in [-0.2, -0.15) is 0 Å². The SMILES string of the molecule is CNC1=C(NC2C(C(C)C)=CC(C3=CCCC=C3)CC2C(C)C)CCC=C1. The minimum Gasteiger partial charge on any atom is -0.387 e. The minimum absolute atomic E-state index is 0.444. The Bertz CT molecular complexity index is 672. The Morgan fingerprint density at radius 1 is 1.00 bits per heavy atom. The molecule has 0 heterocycles. The van der Waals surface area contributed by atoms with E-state index in [0.717, 1.165) is 12.8 Å². The quantitative estimate of drug-likeness (QED) is 0.574. The first-order valence-corrected chi connectivity index (χ1v) is 10.9. The van der Waals surface area contributed by atoms with E-state index < -0.39 is 0 Å². The Hall–Kier alpha value is -1.70. The molecule has 0 saturated heterocycles. The van der Waals surface area contributed by atoms with Crippen LogP contribution in [0.1, 0.15) is 59.8 Å². The van der Waals surface area contributed by atoms with Crippen LogP contribution in [-0.4, -0.2) is 13.1 Å². The van der Waals surface area contributed by atoms with Crippen molar-refractivity contribution in [3.8, 4) is 0 Å². The molecule has 0 aliphatic heterocycles. The van der Waals surface area contributed by atoms with Crippen LogP contribution < -0.4 is 10.6 Å². The number of rotatable bonds is 6. The van der Waals surface area contributed by atoms with E-state index in [1.807, 2.05) is 7.05 Å². The molecule has 0 aromatic carbocycles. The first-order valence-electron chi connectivity index (χ1n) is 10.9. The summed E-state index contributed by atoms with van der Waals surface area (Å²) in [6, 6.07) is 0.444. The normalized spacial score (nSPS) is 28.5. The summed E-state index contributed by atoms with van der Waals surface area (Å²) in [7, 11) is 2.03. The second-order valence-corrected chi connectivity index (χ2v) is 8.96. The van der Waals surface area contributed by atoms with Crippen LogP contribution in [0.2, 0.25) is 0 Å². The molecule has 0 radical (unpaired) electrons. The lowest BCUT2D eigenvalue weighted by molar-refractivity contribution is 0.251. The first-order chi connectivity index (χ1) is 13.0. The van der Waals surface area contributed by atoms with E-state index in [1.165, 1.54) is 30.7 Å². The van der Waals surface area contributed by atoms with Gasteiger partial charge in [-0.1, -0.05) is 58.1 Å². The van der Waals surface area contributed by atoms with Crippen LogP contribution in [-0.2, 0) is 0 Å². The summed E-state index contributed by atoms with van der Waals surface area (Å²) in [6.07, 6.45) is 20.2. The van der Waals surface area contributed by atoms with E-state index in [0.29, 0.717) is 29.7 Å². The van der Waals surface area contributed by atoms with Gasteiger partial charge in [0, 0.05) is 18.7 Å². The maximum atomic E-state index is 4.01. The summed E-state index contributed by atoms with van der Waals surface area (Å²) in [6.45, 7) is 9.52. The maximum absolute atomic E-state index is 4.01. The molecule has 148 valence electrons. The molecule has 3 aliphatic carbocycles. The molecule has 3 aliphatic rings. The third kappa shape index (κ3) is 4.59. The number of hydrogen-bond donors (Lipinski definition) is 2. The fourth-order valence-electron chi connectivity index (χ4n) is 4.86. The molecule has 0 bridgehead atoms. The zero-order valence-electron chi connectivity index (χ0n) is 17.9. The lowest BCUT2D eigenvalue weighted by Crippen LogP contribution is -2.45. The topological polar surface area (TPSA) is 24.1 Å². The summed E-state index contributed by atoms with van der Waals surface area (Å²) >= 11 is 0. The van der Waals surface area contributed by atoms with E-state index in [4.69, 9.17) is 0 Å². The highest BCUT2D eigenvalue weighted by Crippen LogP contribution is 2.41. The zero-order valence-corrected chi connectivity index (χ0v) is 17.9. The predicted octanol–water partition coefficient (Wildman–Crippen LogP) is 5.88. The second kappa shape index (κ2) is 8.99. The molecule has 2 nitrogen and oxygen atoms in total. The fraction of sp³-hybridized carbons (Fsp3) is 0.600. The van der Waals surface area contributed by atoms with Gasteiger partial charge in [-0.05, 0) is 67.1 Å². The van der Waals surface area contributed by atoms with Gasteiger partial charge in [-0.25, -0.2) is 0 Å². The molecule has 0 spiro atoms. The van der Waals surface area contributed by atoms with Crippen molar-refractivity contribution in [1.82, 2.24) is 10.6 Å². The highest BCUT2D eigenvalue weighted by molar-refractivity contribution is 5.35. The predicted molar refractivity (Wildman–Crippen MR) is 117 cm³/mol. The van der Waals surface area contributed by atoms with Gasteiger partial charge in [0.1, 0.15) is 0 Å². The Balaban J connectivity index is 1.94. The minimum atomic E-state index is 0.444. The fourth-order valence-corrected chi connectivity index (χ4v) is 4.86.